The number of amides is 1. The summed E-state index contributed by atoms with van der Waals surface area (Å²) in [5.74, 6) is 0.608. The number of nitrogens with zero attached hydrogens (tertiary/aromatic N) is 1. The Bertz CT molecular complexity index is 688. The second-order valence-corrected chi connectivity index (χ2v) is 6.80. The van der Waals surface area contributed by atoms with Crippen LogP contribution in [0.15, 0.2) is 53.0 Å². The van der Waals surface area contributed by atoms with E-state index in [2.05, 4.69) is 50.4 Å². The summed E-state index contributed by atoms with van der Waals surface area (Å²) in [7, 11) is 0. The highest BCUT2D eigenvalue weighted by atomic mass is 79.9. The van der Waals surface area contributed by atoms with E-state index in [0.717, 1.165) is 30.5 Å². The minimum absolute atomic E-state index is 0.0461. The first-order valence-corrected chi connectivity index (χ1v) is 8.94. The van der Waals surface area contributed by atoms with Crippen LogP contribution in [-0.2, 0) is 17.8 Å². The van der Waals surface area contributed by atoms with Gasteiger partial charge in [-0.25, -0.2) is 0 Å². The van der Waals surface area contributed by atoms with Crippen LogP contribution in [0.4, 0.5) is 0 Å². The maximum atomic E-state index is 11.9. The first kappa shape index (κ1) is 17.0. The van der Waals surface area contributed by atoms with E-state index in [1.165, 1.54) is 11.1 Å². The molecule has 1 aliphatic rings. The number of halogens is 1. The number of hydrogen-bond donors (Lipinski definition) is 1. The zero-order valence-corrected chi connectivity index (χ0v) is 15.1. The van der Waals surface area contributed by atoms with Crippen molar-refractivity contribution in [3.05, 3.63) is 64.1 Å². The lowest BCUT2D eigenvalue weighted by Crippen LogP contribution is -2.39. The van der Waals surface area contributed by atoms with E-state index in [4.69, 9.17) is 4.74 Å². The smallest absolute Gasteiger partial charge is 0.257 e. The Kier molecular flexibility index (Phi) is 5.88. The fraction of sp³-hybridized carbons (Fsp3) is 0.316. The summed E-state index contributed by atoms with van der Waals surface area (Å²) in [5.41, 5.74) is 2.84. The Morgan fingerprint density at radius 2 is 1.88 bits per heavy atom. The number of rotatable bonds is 6. The van der Waals surface area contributed by atoms with E-state index in [1.807, 2.05) is 24.3 Å². The maximum absolute atomic E-state index is 11.9. The standard InChI is InChI=1S/C19H21BrN2O2/c20-17-5-7-18(8-6-17)24-14-19(23)21-10-12-22-11-9-15-3-1-2-4-16(15)13-22/h1-8H,9-14H2,(H,21,23). The summed E-state index contributed by atoms with van der Waals surface area (Å²) < 4.78 is 6.45. The third-order valence-electron chi connectivity index (χ3n) is 4.14. The molecule has 0 saturated heterocycles. The Morgan fingerprint density at radius 3 is 2.67 bits per heavy atom. The van der Waals surface area contributed by atoms with Crippen LogP contribution in [-0.4, -0.2) is 37.0 Å². The van der Waals surface area contributed by atoms with Crippen LogP contribution >= 0.6 is 15.9 Å². The molecule has 126 valence electrons. The van der Waals surface area contributed by atoms with Crippen molar-refractivity contribution in [3.8, 4) is 5.75 Å². The number of fused-ring (bicyclic) bond motifs is 1. The van der Waals surface area contributed by atoms with Gasteiger partial charge in [-0.3, -0.25) is 9.69 Å². The molecule has 0 aliphatic carbocycles. The molecule has 0 aromatic heterocycles. The number of ether oxygens (including phenoxy) is 1. The SMILES string of the molecule is O=C(COc1ccc(Br)cc1)NCCN1CCc2ccccc2C1. The van der Waals surface area contributed by atoms with Gasteiger partial charge < -0.3 is 10.1 Å². The topological polar surface area (TPSA) is 41.6 Å². The molecule has 0 unspecified atom stereocenters. The quantitative estimate of drug-likeness (QED) is 0.826. The first-order valence-electron chi connectivity index (χ1n) is 8.15. The Morgan fingerprint density at radius 1 is 1.12 bits per heavy atom. The molecule has 0 radical (unpaired) electrons. The largest absolute Gasteiger partial charge is 0.484 e. The van der Waals surface area contributed by atoms with Crippen LogP contribution in [0.1, 0.15) is 11.1 Å². The number of hydrogen-bond acceptors (Lipinski definition) is 3. The van der Waals surface area contributed by atoms with E-state index in [9.17, 15) is 4.79 Å². The minimum Gasteiger partial charge on any atom is -0.484 e. The fourth-order valence-electron chi connectivity index (χ4n) is 2.83. The van der Waals surface area contributed by atoms with Crippen LogP contribution in [0.2, 0.25) is 0 Å². The molecular weight excluding hydrogens is 368 g/mol. The van der Waals surface area contributed by atoms with Crippen molar-refractivity contribution in [2.24, 2.45) is 0 Å². The summed E-state index contributed by atoms with van der Waals surface area (Å²) in [6.45, 7) is 3.55. The maximum Gasteiger partial charge on any atom is 0.257 e. The van der Waals surface area contributed by atoms with E-state index >= 15 is 0 Å². The molecule has 24 heavy (non-hydrogen) atoms. The summed E-state index contributed by atoms with van der Waals surface area (Å²) in [6, 6.07) is 16.0. The molecule has 1 aliphatic heterocycles. The molecule has 2 aromatic rings. The number of carbonyl (C=O) groups is 1. The van der Waals surface area contributed by atoms with Crippen LogP contribution in [0.5, 0.6) is 5.75 Å². The highest BCUT2D eigenvalue weighted by molar-refractivity contribution is 9.10. The van der Waals surface area contributed by atoms with Crippen LogP contribution in [0.3, 0.4) is 0 Å². The van der Waals surface area contributed by atoms with Gasteiger partial charge in [-0.1, -0.05) is 40.2 Å². The van der Waals surface area contributed by atoms with Crippen LogP contribution in [0.25, 0.3) is 0 Å². The molecule has 2 aromatic carbocycles. The predicted octanol–water partition coefficient (Wildman–Crippen LogP) is 3.00. The van der Waals surface area contributed by atoms with E-state index in [-0.39, 0.29) is 12.5 Å². The average molecular weight is 389 g/mol. The molecule has 0 bridgehead atoms. The lowest BCUT2D eigenvalue weighted by atomic mass is 10.00. The number of benzene rings is 2. The molecule has 0 atom stereocenters. The van der Waals surface area contributed by atoms with Gasteiger partial charge in [-0.15, -0.1) is 0 Å². The van der Waals surface area contributed by atoms with Gasteiger partial charge >= 0.3 is 0 Å². The molecule has 4 nitrogen and oxygen atoms in total. The van der Waals surface area contributed by atoms with E-state index in [0.29, 0.717) is 12.3 Å². The summed E-state index contributed by atoms with van der Waals surface area (Å²) in [4.78, 5) is 14.2. The normalized spacial score (nSPS) is 14.0. The highest BCUT2D eigenvalue weighted by Crippen LogP contribution is 2.18. The van der Waals surface area contributed by atoms with Crippen LogP contribution < -0.4 is 10.1 Å². The second kappa shape index (κ2) is 8.31. The third-order valence-corrected chi connectivity index (χ3v) is 4.67. The van der Waals surface area contributed by atoms with Gasteiger partial charge in [0.15, 0.2) is 6.61 Å². The first-order chi connectivity index (χ1) is 11.7. The molecule has 0 spiro atoms. The molecule has 5 heteroatoms. The van der Waals surface area contributed by atoms with Gasteiger partial charge in [0.1, 0.15) is 5.75 Å². The summed E-state index contributed by atoms with van der Waals surface area (Å²) >= 11 is 3.37. The van der Waals surface area contributed by atoms with Gasteiger partial charge in [0.05, 0.1) is 0 Å². The zero-order valence-electron chi connectivity index (χ0n) is 13.5. The summed E-state index contributed by atoms with van der Waals surface area (Å²) in [6.07, 6.45) is 1.08. The Balaban J connectivity index is 1.36. The lowest BCUT2D eigenvalue weighted by Gasteiger charge is -2.28. The number of carbonyl (C=O) groups excluding carboxylic acids is 1. The van der Waals surface area contributed by atoms with Crippen molar-refractivity contribution in [3.63, 3.8) is 0 Å². The molecule has 1 N–H and O–H groups in total. The zero-order chi connectivity index (χ0) is 16.8. The molecule has 0 fully saturated rings. The average Bonchev–Trinajstić information content (AvgIpc) is 2.61. The minimum atomic E-state index is -0.0877. The third kappa shape index (κ3) is 4.82. The molecule has 1 amide bonds. The second-order valence-electron chi connectivity index (χ2n) is 5.89. The summed E-state index contributed by atoms with van der Waals surface area (Å²) in [5, 5.41) is 2.92. The van der Waals surface area contributed by atoms with Gasteiger partial charge in [0, 0.05) is 30.7 Å². The van der Waals surface area contributed by atoms with Gasteiger partial charge in [-0.05, 0) is 41.8 Å². The lowest BCUT2D eigenvalue weighted by molar-refractivity contribution is -0.123. The van der Waals surface area contributed by atoms with Crippen molar-refractivity contribution in [1.82, 2.24) is 10.2 Å². The van der Waals surface area contributed by atoms with E-state index in [1.54, 1.807) is 0 Å². The molecule has 0 saturated carbocycles. The van der Waals surface area contributed by atoms with Crippen molar-refractivity contribution < 1.29 is 9.53 Å². The predicted molar refractivity (Wildman–Crippen MR) is 98.1 cm³/mol. The monoisotopic (exact) mass is 388 g/mol. The Labute approximate surface area is 150 Å². The highest BCUT2D eigenvalue weighted by Gasteiger charge is 2.15. The van der Waals surface area contributed by atoms with E-state index < -0.39 is 0 Å². The van der Waals surface area contributed by atoms with Gasteiger partial charge in [0.2, 0.25) is 0 Å². The molecule has 1 heterocycles. The molecular formula is C19H21BrN2O2. The van der Waals surface area contributed by atoms with Crippen molar-refractivity contribution in [1.29, 1.82) is 0 Å². The van der Waals surface area contributed by atoms with Crippen molar-refractivity contribution in [2.45, 2.75) is 13.0 Å². The van der Waals surface area contributed by atoms with Crippen molar-refractivity contribution in [2.75, 3.05) is 26.2 Å². The fourth-order valence-corrected chi connectivity index (χ4v) is 3.09. The van der Waals surface area contributed by atoms with Gasteiger partial charge in [-0.2, -0.15) is 0 Å². The Hall–Kier alpha value is -1.85. The molecule has 3 rings (SSSR count). The number of nitrogens with one attached hydrogen (secondary N) is 1. The van der Waals surface area contributed by atoms with Crippen LogP contribution in [0, 0.1) is 0 Å². The van der Waals surface area contributed by atoms with Crippen molar-refractivity contribution >= 4 is 21.8 Å². The van der Waals surface area contributed by atoms with Gasteiger partial charge in [0.25, 0.3) is 5.91 Å².